The number of rotatable bonds is 7. The minimum atomic E-state index is -0.590. The molecule has 186 valence electrons. The van der Waals surface area contributed by atoms with E-state index in [4.69, 9.17) is 5.73 Å². The van der Waals surface area contributed by atoms with Gasteiger partial charge >= 0.3 is 0 Å². The Labute approximate surface area is 208 Å². The second-order valence-electron chi connectivity index (χ2n) is 8.45. The van der Waals surface area contributed by atoms with E-state index in [1.165, 1.54) is 6.07 Å². The summed E-state index contributed by atoms with van der Waals surface area (Å²) in [5.41, 5.74) is 6.55. The minimum absolute atomic E-state index is 0. The molecule has 0 radical (unpaired) electrons. The Morgan fingerprint density at radius 2 is 1.69 bits per heavy atom. The molecule has 1 aromatic heterocycles. The average Bonchev–Trinajstić information content (AvgIpc) is 2.87. The number of aromatic nitrogens is 2. The number of piperazine rings is 1. The molecule has 1 aliphatic rings. The Kier molecular flexibility index (Phi) is 8.95. The maximum atomic E-state index is 14.6. The van der Waals surface area contributed by atoms with Crippen LogP contribution in [0.4, 0.5) is 4.39 Å². The summed E-state index contributed by atoms with van der Waals surface area (Å²) in [5.74, 6) is -0.920. The summed E-state index contributed by atoms with van der Waals surface area (Å²) in [4.78, 5) is 40.7. The topological polar surface area (TPSA) is 112 Å². The van der Waals surface area contributed by atoms with E-state index in [2.05, 4.69) is 10.2 Å². The first-order chi connectivity index (χ1) is 16.5. The van der Waals surface area contributed by atoms with Crippen molar-refractivity contribution in [3.63, 3.8) is 0 Å². The summed E-state index contributed by atoms with van der Waals surface area (Å²) >= 11 is 0. The van der Waals surface area contributed by atoms with Crippen LogP contribution in [0, 0.1) is 5.82 Å². The number of nitrogens with one attached hydrogen (secondary N) is 1. The standard InChI is InChI=1S/C25H28FN5O3.ClH/c26-21-9-8-17(16-22-18-5-1-2-6-19(18)24(33)29-28-22)15-20(21)25(34)31-13-11-30(12-14-31)23(32)7-3-4-10-27;/h1-2,5-6,8-9,15H,3-4,7,10-14,16,27H2,(H,29,33);1H. The number of aromatic amines is 1. The maximum Gasteiger partial charge on any atom is 0.272 e. The van der Waals surface area contributed by atoms with E-state index in [9.17, 15) is 18.8 Å². The number of unbranched alkanes of at least 4 members (excludes halogenated alkanes) is 1. The van der Waals surface area contributed by atoms with Crippen LogP contribution in [0.3, 0.4) is 0 Å². The number of fused-ring (bicyclic) bond motifs is 1. The van der Waals surface area contributed by atoms with Crippen LogP contribution in [0.5, 0.6) is 0 Å². The molecule has 10 heteroatoms. The first kappa shape index (κ1) is 26.3. The quantitative estimate of drug-likeness (QED) is 0.483. The molecule has 4 rings (SSSR count). The van der Waals surface area contributed by atoms with E-state index in [0.717, 1.165) is 18.2 Å². The molecule has 3 aromatic rings. The maximum absolute atomic E-state index is 14.6. The summed E-state index contributed by atoms with van der Waals surface area (Å²) < 4.78 is 14.6. The molecule has 2 aromatic carbocycles. The molecule has 0 saturated carbocycles. The van der Waals surface area contributed by atoms with E-state index in [1.807, 2.05) is 12.1 Å². The predicted octanol–water partition coefficient (Wildman–Crippen LogP) is 2.49. The van der Waals surface area contributed by atoms with Crippen LogP contribution in [0.2, 0.25) is 0 Å². The third-order valence-electron chi connectivity index (χ3n) is 6.17. The van der Waals surface area contributed by atoms with Crippen LogP contribution in [-0.2, 0) is 11.2 Å². The fourth-order valence-electron chi connectivity index (χ4n) is 4.25. The van der Waals surface area contributed by atoms with E-state index >= 15 is 0 Å². The summed E-state index contributed by atoms with van der Waals surface area (Å²) in [6.07, 6.45) is 2.36. The molecular formula is C25H29ClFN5O3. The van der Waals surface area contributed by atoms with Gasteiger partial charge in [-0.1, -0.05) is 24.3 Å². The molecule has 35 heavy (non-hydrogen) atoms. The molecule has 1 fully saturated rings. The summed E-state index contributed by atoms with van der Waals surface area (Å²) in [6.45, 7) is 2.15. The highest BCUT2D eigenvalue weighted by atomic mass is 35.5. The third kappa shape index (κ3) is 6.04. The number of hydrogen-bond donors (Lipinski definition) is 2. The lowest BCUT2D eigenvalue weighted by molar-refractivity contribution is -0.132. The average molecular weight is 502 g/mol. The molecule has 0 unspecified atom stereocenters. The molecule has 2 amide bonds. The van der Waals surface area contributed by atoms with E-state index in [1.54, 1.807) is 34.1 Å². The van der Waals surface area contributed by atoms with Gasteiger partial charge in [0.25, 0.3) is 11.5 Å². The van der Waals surface area contributed by atoms with Crippen molar-refractivity contribution in [3.8, 4) is 0 Å². The van der Waals surface area contributed by atoms with Gasteiger partial charge in [-0.25, -0.2) is 9.49 Å². The van der Waals surface area contributed by atoms with E-state index in [0.29, 0.717) is 62.2 Å². The summed E-state index contributed by atoms with van der Waals surface area (Å²) in [6, 6.07) is 11.6. The minimum Gasteiger partial charge on any atom is -0.339 e. The Morgan fingerprint density at radius 3 is 2.40 bits per heavy atom. The molecule has 2 heterocycles. The second kappa shape index (κ2) is 11.9. The Morgan fingerprint density at radius 1 is 1.00 bits per heavy atom. The van der Waals surface area contributed by atoms with Crippen LogP contribution < -0.4 is 11.3 Å². The van der Waals surface area contributed by atoms with Gasteiger partial charge < -0.3 is 15.5 Å². The molecule has 0 bridgehead atoms. The molecule has 8 nitrogen and oxygen atoms in total. The number of amides is 2. The smallest absolute Gasteiger partial charge is 0.272 e. The Hall–Kier alpha value is -3.30. The number of nitrogens with zero attached hydrogens (tertiary/aromatic N) is 3. The van der Waals surface area contributed by atoms with Crippen molar-refractivity contribution in [1.82, 2.24) is 20.0 Å². The molecule has 1 saturated heterocycles. The van der Waals surface area contributed by atoms with E-state index in [-0.39, 0.29) is 29.4 Å². The number of carbonyl (C=O) groups is 2. The Balaban J connectivity index is 0.00000342. The zero-order chi connectivity index (χ0) is 24.1. The van der Waals surface area contributed by atoms with Gasteiger partial charge in [-0.2, -0.15) is 5.10 Å². The lowest BCUT2D eigenvalue weighted by Gasteiger charge is -2.35. The number of halogens is 2. The van der Waals surface area contributed by atoms with Gasteiger partial charge in [-0.15, -0.1) is 12.4 Å². The van der Waals surface area contributed by atoms with Crippen LogP contribution in [0.1, 0.15) is 40.9 Å². The van der Waals surface area contributed by atoms with Crippen LogP contribution in [-0.4, -0.2) is 64.5 Å². The predicted molar refractivity (Wildman–Crippen MR) is 134 cm³/mol. The first-order valence-corrected chi connectivity index (χ1v) is 11.5. The number of H-pyrrole nitrogens is 1. The van der Waals surface area contributed by atoms with Crippen LogP contribution in [0.25, 0.3) is 10.8 Å². The first-order valence-electron chi connectivity index (χ1n) is 11.5. The number of nitrogens with two attached hydrogens (primary N) is 1. The molecular weight excluding hydrogens is 473 g/mol. The van der Waals surface area contributed by atoms with Crippen molar-refractivity contribution in [1.29, 1.82) is 0 Å². The summed E-state index contributed by atoms with van der Waals surface area (Å²) in [7, 11) is 0. The molecule has 0 aliphatic carbocycles. The highest BCUT2D eigenvalue weighted by Gasteiger charge is 2.26. The number of hydrogen-bond acceptors (Lipinski definition) is 5. The van der Waals surface area contributed by atoms with E-state index < -0.39 is 11.7 Å². The normalized spacial score (nSPS) is 13.5. The monoisotopic (exact) mass is 501 g/mol. The van der Waals surface area contributed by atoms with Gasteiger partial charge in [0, 0.05) is 44.4 Å². The van der Waals surface area contributed by atoms with Crippen molar-refractivity contribution in [3.05, 3.63) is 75.5 Å². The number of carbonyl (C=O) groups excluding carboxylic acids is 2. The highest BCUT2D eigenvalue weighted by molar-refractivity contribution is 5.95. The second-order valence-corrected chi connectivity index (χ2v) is 8.45. The van der Waals surface area contributed by atoms with Crippen LogP contribution in [0.15, 0.2) is 47.3 Å². The highest BCUT2D eigenvalue weighted by Crippen LogP contribution is 2.20. The zero-order valence-corrected chi connectivity index (χ0v) is 20.2. The zero-order valence-electron chi connectivity index (χ0n) is 19.3. The largest absolute Gasteiger partial charge is 0.339 e. The van der Waals surface area contributed by atoms with Crippen LogP contribution >= 0.6 is 12.4 Å². The van der Waals surface area contributed by atoms with Gasteiger partial charge in [-0.3, -0.25) is 14.4 Å². The molecule has 0 atom stereocenters. The van der Waals surface area contributed by atoms with Gasteiger partial charge in [0.2, 0.25) is 5.91 Å². The molecule has 0 spiro atoms. The lowest BCUT2D eigenvalue weighted by atomic mass is 10.0. The van der Waals surface area contributed by atoms with Crippen molar-refractivity contribution in [2.45, 2.75) is 25.7 Å². The molecule has 1 aliphatic heterocycles. The molecule has 3 N–H and O–H groups in total. The van der Waals surface area contributed by atoms with Gasteiger partial charge in [0.05, 0.1) is 16.6 Å². The van der Waals surface area contributed by atoms with Crippen molar-refractivity contribution < 1.29 is 14.0 Å². The van der Waals surface area contributed by atoms with Crippen molar-refractivity contribution in [2.24, 2.45) is 5.73 Å². The fourth-order valence-corrected chi connectivity index (χ4v) is 4.25. The van der Waals surface area contributed by atoms with Crippen molar-refractivity contribution in [2.75, 3.05) is 32.7 Å². The number of benzene rings is 2. The van der Waals surface area contributed by atoms with Gasteiger partial charge in [-0.05, 0) is 43.1 Å². The SMILES string of the molecule is Cl.NCCCCC(=O)N1CCN(C(=O)c2cc(Cc3n[nH]c(=O)c4ccccc34)ccc2F)CC1. The van der Waals surface area contributed by atoms with Gasteiger partial charge in [0.15, 0.2) is 0 Å². The van der Waals surface area contributed by atoms with Crippen molar-refractivity contribution >= 4 is 35.0 Å². The fraction of sp³-hybridized carbons (Fsp3) is 0.360. The Bertz CT molecular complexity index is 1260. The summed E-state index contributed by atoms with van der Waals surface area (Å²) in [5, 5.41) is 7.92. The lowest BCUT2D eigenvalue weighted by Crippen LogP contribution is -2.50. The third-order valence-corrected chi connectivity index (χ3v) is 6.17. The van der Waals surface area contributed by atoms with Gasteiger partial charge in [0.1, 0.15) is 5.82 Å².